The van der Waals surface area contributed by atoms with Crippen molar-refractivity contribution in [3.05, 3.63) is 48.9 Å². The Bertz CT molecular complexity index is 1360. The molecule has 4 N–H and O–H groups in total. The van der Waals surface area contributed by atoms with E-state index in [0.29, 0.717) is 12.6 Å². The molecule has 3 aromatic rings. The Morgan fingerprint density at radius 2 is 2.10 bits per heavy atom. The second-order valence-electron chi connectivity index (χ2n) is 7.79. The Morgan fingerprint density at radius 1 is 1.32 bits per heavy atom. The lowest BCUT2D eigenvalue weighted by Crippen LogP contribution is -2.36. The summed E-state index contributed by atoms with van der Waals surface area (Å²) in [5.41, 5.74) is -0.973. The number of aromatic hydroxyl groups is 1. The highest BCUT2D eigenvalue weighted by Gasteiger charge is 2.22. The number of carbonyl (C=O) groups is 1. The normalized spacial score (nSPS) is 17.6. The fourth-order valence-corrected chi connectivity index (χ4v) is 4.28. The molecule has 2 aromatic carbocycles. The number of H-pyrrole nitrogens is 1. The Kier molecular flexibility index (Phi) is 5.36. The summed E-state index contributed by atoms with van der Waals surface area (Å²) >= 11 is 0. The van der Waals surface area contributed by atoms with Gasteiger partial charge in [-0.25, -0.2) is 9.78 Å². The number of fused-ring (bicyclic) bond motifs is 2. The summed E-state index contributed by atoms with van der Waals surface area (Å²) in [5.74, 6) is -1.46. The van der Waals surface area contributed by atoms with Crippen LogP contribution in [0.15, 0.2) is 21.7 Å². The molecule has 0 radical (unpaired) electrons. The van der Waals surface area contributed by atoms with Gasteiger partial charge in [-0.1, -0.05) is 6.92 Å². The third-order valence-corrected chi connectivity index (χ3v) is 6.02. The van der Waals surface area contributed by atoms with Crippen molar-refractivity contribution in [2.24, 2.45) is 0 Å². The van der Waals surface area contributed by atoms with Crippen LogP contribution in [-0.2, 0) is 0 Å². The quantitative estimate of drug-likeness (QED) is 0.439. The molecule has 0 bridgehead atoms. The van der Waals surface area contributed by atoms with E-state index in [4.69, 9.17) is 0 Å². The van der Waals surface area contributed by atoms with E-state index >= 15 is 0 Å². The summed E-state index contributed by atoms with van der Waals surface area (Å²) < 4.78 is 0. The summed E-state index contributed by atoms with van der Waals surface area (Å²) in [6, 6.07) is 2.69. The van der Waals surface area contributed by atoms with Gasteiger partial charge < -0.3 is 20.5 Å². The summed E-state index contributed by atoms with van der Waals surface area (Å²) in [6.07, 6.45) is 3.82. The molecule has 1 fully saturated rings. The first-order chi connectivity index (χ1) is 14.8. The average molecular weight is 424 g/mol. The van der Waals surface area contributed by atoms with Crippen LogP contribution in [0.1, 0.15) is 35.7 Å². The highest BCUT2D eigenvalue weighted by molar-refractivity contribution is 6.02. The second-order valence-corrected chi connectivity index (χ2v) is 7.79. The summed E-state index contributed by atoms with van der Waals surface area (Å²) in [4.78, 5) is 46.2. The summed E-state index contributed by atoms with van der Waals surface area (Å²) in [7, 11) is 0. The molecule has 4 rings (SSSR count). The molecular weight excluding hydrogens is 400 g/mol. The number of aromatic amines is 1. The fourth-order valence-electron chi connectivity index (χ4n) is 4.28. The predicted molar refractivity (Wildman–Crippen MR) is 117 cm³/mol. The van der Waals surface area contributed by atoms with Gasteiger partial charge in [0.25, 0.3) is 0 Å². The van der Waals surface area contributed by atoms with E-state index in [0.717, 1.165) is 32.0 Å². The topological polar surface area (TPSA) is 136 Å². The van der Waals surface area contributed by atoms with E-state index in [2.05, 4.69) is 27.1 Å². The van der Waals surface area contributed by atoms with E-state index < -0.39 is 16.8 Å². The van der Waals surface area contributed by atoms with Crippen molar-refractivity contribution in [2.45, 2.75) is 32.7 Å². The van der Waals surface area contributed by atoms with Gasteiger partial charge in [0.2, 0.25) is 10.9 Å². The highest BCUT2D eigenvalue weighted by atomic mass is 16.4. The van der Waals surface area contributed by atoms with Crippen molar-refractivity contribution in [3.8, 4) is 5.75 Å². The third-order valence-electron chi connectivity index (χ3n) is 6.02. The largest absolute Gasteiger partial charge is 0.507 e. The minimum atomic E-state index is -1.24. The van der Waals surface area contributed by atoms with E-state index in [-0.39, 0.29) is 44.2 Å². The standard InChI is InChI=1S/C22H24N4O5/c1-3-26-8-4-5-12(26)9-23-10-14-17-19(21(29)11(2)20(14)28)25-16-13(22(30)31)6-7-15(27)18(16)24-17/h6-7,10,12,23,25,28H,3-5,8-9H2,1-2H3,(H,30,31)/b14-10-. The molecule has 1 aliphatic heterocycles. The molecule has 2 heterocycles. The van der Waals surface area contributed by atoms with E-state index in [1.165, 1.54) is 13.0 Å². The molecule has 1 aliphatic rings. The molecule has 9 nitrogen and oxygen atoms in total. The lowest BCUT2D eigenvalue weighted by molar-refractivity contribution is 0.0699. The van der Waals surface area contributed by atoms with E-state index in [1.54, 1.807) is 6.20 Å². The molecule has 0 amide bonds. The van der Waals surface area contributed by atoms with Crippen LogP contribution in [0.25, 0.3) is 28.3 Å². The van der Waals surface area contributed by atoms with Crippen LogP contribution < -0.4 is 21.4 Å². The zero-order valence-corrected chi connectivity index (χ0v) is 17.4. The van der Waals surface area contributed by atoms with Crippen molar-refractivity contribution in [1.29, 1.82) is 0 Å². The number of nitrogens with one attached hydrogen (secondary N) is 2. The van der Waals surface area contributed by atoms with Crippen molar-refractivity contribution in [2.75, 3.05) is 19.6 Å². The molecule has 1 saturated heterocycles. The van der Waals surface area contributed by atoms with Crippen LogP contribution >= 0.6 is 0 Å². The molecule has 1 unspecified atom stereocenters. The number of carboxylic acid groups (broad SMARTS) is 1. The fraction of sp³-hybridized carbons (Fsp3) is 0.364. The number of benzene rings is 2. The van der Waals surface area contributed by atoms with E-state index in [1.807, 2.05) is 0 Å². The van der Waals surface area contributed by atoms with Crippen molar-refractivity contribution >= 4 is 34.2 Å². The monoisotopic (exact) mass is 424 g/mol. The van der Waals surface area contributed by atoms with Crippen LogP contribution in [-0.4, -0.2) is 56.7 Å². The molecular formula is C22H24N4O5. The number of likely N-dealkylation sites (N-methyl/N-ethyl adjacent to an activating group) is 1. The van der Waals surface area contributed by atoms with E-state index in [9.17, 15) is 24.6 Å². The van der Waals surface area contributed by atoms with Crippen molar-refractivity contribution in [1.82, 2.24) is 20.2 Å². The number of aromatic nitrogens is 2. The molecule has 1 atom stereocenters. The average Bonchev–Trinajstić information content (AvgIpc) is 3.21. The number of nitrogens with zero attached hydrogens (tertiary/aromatic N) is 2. The lowest BCUT2D eigenvalue weighted by atomic mass is 10.1. The van der Waals surface area contributed by atoms with Crippen LogP contribution in [0, 0.1) is 6.92 Å². The molecule has 0 aliphatic carbocycles. The van der Waals surface area contributed by atoms with Gasteiger partial charge in [-0.05, 0) is 45.0 Å². The molecule has 0 saturated carbocycles. The van der Waals surface area contributed by atoms with Gasteiger partial charge in [-0.2, -0.15) is 0 Å². The van der Waals surface area contributed by atoms with Gasteiger partial charge >= 0.3 is 5.97 Å². The van der Waals surface area contributed by atoms with Crippen molar-refractivity contribution in [3.63, 3.8) is 0 Å². The van der Waals surface area contributed by atoms with Crippen LogP contribution in [0.5, 0.6) is 5.75 Å². The van der Waals surface area contributed by atoms with Gasteiger partial charge in [0.1, 0.15) is 22.3 Å². The molecule has 162 valence electrons. The maximum absolute atomic E-state index is 12.8. The predicted octanol–water partition coefficient (Wildman–Crippen LogP) is 0.680. The number of phenols is 1. The molecule has 9 heteroatoms. The maximum atomic E-state index is 12.8. The Morgan fingerprint density at radius 3 is 2.81 bits per heavy atom. The van der Waals surface area contributed by atoms with Crippen LogP contribution in [0.2, 0.25) is 0 Å². The summed E-state index contributed by atoms with van der Waals surface area (Å²) in [6.45, 7) is 6.30. The highest BCUT2D eigenvalue weighted by Crippen LogP contribution is 2.18. The number of hydrogen-bond acceptors (Lipinski definition) is 7. The maximum Gasteiger partial charge on any atom is 0.337 e. The smallest absolute Gasteiger partial charge is 0.337 e. The lowest BCUT2D eigenvalue weighted by Gasteiger charge is -2.22. The summed E-state index contributed by atoms with van der Waals surface area (Å²) in [5, 5.41) is 23.6. The first-order valence-electron chi connectivity index (χ1n) is 10.3. The SMILES string of the molecule is CCN1CCCC1CN/C=c1\c(O)c(C)c(=O)c2[nH]c3c(C(=O)O)ccc(=O)c3nc12. The minimum Gasteiger partial charge on any atom is -0.507 e. The van der Waals surface area contributed by atoms with Gasteiger partial charge in [0.15, 0.2) is 0 Å². The number of likely N-dealkylation sites (tertiary alicyclic amines) is 1. The number of phenolic OH excluding ortho intramolecular Hbond substituents is 1. The zero-order chi connectivity index (χ0) is 22.3. The number of carboxylic acids is 1. The Hall–Kier alpha value is -3.46. The molecule has 1 aromatic heterocycles. The van der Waals surface area contributed by atoms with Gasteiger partial charge in [-0.15, -0.1) is 0 Å². The first kappa shape index (κ1) is 20.8. The molecule has 0 spiro atoms. The number of hydrogen-bond donors (Lipinski definition) is 4. The van der Waals surface area contributed by atoms with Gasteiger partial charge in [0.05, 0.1) is 16.3 Å². The van der Waals surface area contributed by atoms with Gasteiger partial charge in [0, 0.05) is 24.4 Å². The third kappa shape index (κ3) is 3.50. The minimum absolute atomic E-state index is 0.0156. The van der Waals surface area contributed by atoms with Crippen LogP contribution in [0.4, 0.5) is 0 Å². The first-order valence-corrected chi connectivity index (χ1v) is 10.3. The Balaban J connectivity index is 1.92. The number of rotatable bonds is 5. The van der Waals surface area contributed by atoms with Crippen molar-refractivity contribution < 1.29 is 15.0 Å². The zero-order valence-electron chi connectivity index (χ0n) is 17.4. The van der Waals surface area contributed by atoms with Gasteiger partial charge in [-0.3, -0.25) is 14.5 Å². The molecule has 31 heavy (non-hydrogen) atoms. The second kappa shape index (κ2) is 7.99. The number of aromatic carboxylic acids is 1. The van der Waals surface area contributed by atoms with Crippen LogP contribution in [0.3, 0.4) is 0 Å². The Labute approximate surface area is 177 Å².